The van der Waals surface area contributed by atoms with Gasteiger partial charge in [-0.1, -0.05) is 18.2 Å². The first-order valence-corrected chi connectivity index (χ1v) is 6.76. The summed E-state index contributed by atoms with van der Waals surface area (Å²) in [6.07, 6.45) is 4.47. The van der Waals surface area contributed by atoms with E-state index in [2.05, 4.69) is 47.4 Å². The van der Waals surface area contributed by atoms with Crippen molar-refractivity contribution in [3.8, 4) is 0 Å². The zero-order valence-electron chi connectivity index (χ0n) is 10.9. The summed E-state index contributed by atoms with van der Waals surface area (Å²) >= 11 is 0. The Labute approximate surface area is 108 Å². The highest BCUT2D eigenvalue weighted by Crippen LogP contribution is 2.30. The molecule has 2 aromatic rings. The van der Waals surface area contributed by atoms with Crippen molar-refractivity contribution in [3.63, 3.8) is 0 Å². The predicted octanol–water partition coefficient (Wildman–Crippen LogP) is 2.30. The molecule has 3 heteroatoms. The van der Waals surface area contributed by atoms with E-state index in [0.29, 0.717) is 5.92 Å². The second-order valence-electron chi connectivity index (χ2n) is 5.46. The van der Waals surface area contributed by atoms with Gasteiger partial charge in [-0.15, -0.1) is 0 Å². The number of likely N-dealkylation sites (N-methyl/N-ethyl adjacent to an activating group) is 1. The molecule has 3 nitrogen and oxygen atoms in total. The molecule has 0 bridgehead atoms. The minimum absolute atomic E-state index is 0.272. The standard InChI is InChI=1S/C15H21N3/c1-18-8-4-6-14(16)13(10-18)12-9-17-15-7-3-2-5-11(12)15/h2-3,5,7,9,13-14,17H,4,6,8,10,16H2,1H3. The van der Waals surface area contributed by atoms with E-state index in [-0.39, 0.29) is 6.04 Å². The first-order valence-electron chi connectivity index (χ1n) is 6.76. The van der Waals surface area contributed by atoms with Crippen molar-refractivity contribution in [2.24, 2.45) is 5.73 Å². The Balaban J connectivity index is 2.01. The van der Waals surface area contributed by atoms with Gasteiger partial charge in [0.25, 0.3) is 0 Å². The van der Waals surface area contributed by atoms with Gasteiger partial charge in [0.05, 0.1) is 0 Å². The number of nitrogens with one attached hydrogen (secondary N) is 1. The average Bonchev–Trinajstić information content (AvgIpc) is 2.72. The minimum atomic E-state index is 0.272. The van der Waals surface area contributed by atoms with Crippen molar-refractivity contribution >= 4 is 10.9 Å². The first kappa shape index (κ1) is 11.8. The fraction of sp³-hybridized carbons (Fsp3) is 0.467. The molecule has 0 saturated carbocycles. The van der Waals surface area contributed by atoms with E-state index in [4.69, 9.17) is 5.73 Å². The molecule has 0 radical (unpaired) electrons. The van der Waals surface area contributed by atoms with E-state index in [1.54, 1.807) is 0 Å². The van der Waals surface area contributed by atoms with Crippen LogP contribution in [0.3, 0.4) is 0 Å². The number of aromatic nitrogens is 1. The van der Waals surface area contributed by atoms with Crippen LogP contribution in [0.15, 0.2) is 30.5 Å². The summed E-state index contributed by atoms with van der Waals surface area (Å²) in [6, 6.07) is 8.77. The van der Waals surface area contributed by atoms with E-state index >= 15 is 0 Å². The Morgan fingerprint density at radius 1 is 1.33 bits per heavy atom. The maximum absolute atomic E-state index is 6.38. The zero-order chi connectivity index (χ0) is 12.5. The van der Waals surface area contributed by atoms with Gasteiger partial charge < -0.3 is 15.6 Å². The highest BCUT2D eigenvalue weighted by molar-refractivity contribution is 5.83. The summed E-state index contributed by atoms with van der Waals surface area (Å²) in [7, 11) is 2.19. The number of benzene rings is 1. The quantitative estimate of drug-likeness (QED) is 0.807. The molecule has 1 saturated heterocycles. The van der Waals surface area contributed by atoms with E-state index in [9.17, 15) is 0 Å². The van der Waals surface area contributed by atoms with Crippen molar-refractivity contribution in [3.05, 3.63) is 36.0 Å². The lowest BCUT2D eigenvalue weighted by Gasteiger charge is -2.24. The Morgan fingerprint density at radius 3 is 3.06 bits per heavy atom. The molecule has 18 heavy (non-hydrogen) atoms. The molecule has 3 rings (SSSR count). The molecule has 1 aliphatic rings. The first-order chi connectivity index (χ1) is 8.75. The van der Waals surface area contributed by atoms with Crippen LogP contribution in [0.4, 0.5) is 0 Å². The van der Waals surface area contributed by atoms with Crippen molar-refractivity contribution in [2.45, 2.75) is 24.8 Å². The molecule has 0 amide bonds. The number of rotatable bonds is 1. The van der Waals surface area contributed by atoms with Gasteiger partial charge in [-0.05, 0) is 38.1 Å². The third-order valence-corrected chi connectivity index (χ3v) is 4.12. The van der Waals surface area contributed by atoms with Gasteiger partial charge in [0, 0.05) is 35.6 Å². The Hall–Kier alpha value is -1.32. The monoisotopic (exact) mass is 243 g/mol. The van der Waals surface area contributed by atoms with Crippen LogP contribution in [0.2, 0.25) is 0 Å². The lowest BCUT2D eigenvalue weighted by atomic mass is 9.90. The van der Waals surface area contributed by atoms with Crippen LogP contribution >= 0.6 is 0 Å². The number of likely N-dealkylation sites (tertiary alicyclic amines) is 1. The van der Waals surface area contributed by atoms with Crippen LogP contribution in [0.1, 0.15) is 24.3 Å². The largest absolute Gasteiger partial charge is 0.361 e. The normalized spacial score (nSPS) is 26.3. The van der Waals surface area contributed by atoms with E-state index in [1.165, 1.54) is 22.9 Å². The number of nitrogens with two attached hydrogens (primary N) is 1. The van der Waals surface area contributed by atoms with E-state index in [1.807, 2.05) is 0 Å². The molecule has 1 fully saturated rings. The Bertz CT molecular complexity index is 531. The SMILES string of the molecule is CN1CCCC(N)C(c2c[nH]c3ccccc23)C1. The molecule has 2 unspecified atom stereocenters. The van der Waals surface area contributed by atoms with Crippen molar-refractivity contribution in [1.82, 2.24) is 9.88 Å². The van der Waals surface area contributed by atoms with Crippen LogP contribution in [-0.4, -0.2) is 36.1 Å². The van der Waals surface area contributed by atoms with Gasteiger partial charge in [0.15, 0.2) is 0 Å². The van der Waals surface area contributed by atoms with Gasteiger partial charge in [0.2, 0.25) is 0 Å². The number of H-pyrrole nitrogens is 1. The summed E-state index contributed by atoms with van der Waals surface area (Å²) in [5.74, 6) is 0.439. The molecule has 2 heterocycles. The van der Waals surface area contributed by atoms with Crippen molar-refractivity contribution in [2.75, 3.05) is 20.1 Å². The summed E-state index contributed by atoms with van der Waals surface area (Å²) in [4.78, 5) is 5.77. The van der Waals surface area contributed by atoms with Crippen molar-refractivity contribution in [1.29, 1.82) is 0 Å². The fourth-order valence-corrected chi connectivity index (χ4v) is 3.09. The fourth-order valence-electron chi connectivity index (χ4n) is 3.09. The molecule has 1 aliphatic heterocycles. The molecule has 1 aromatic heterocycles. The van der Waals surface area contributed by atoms with Crippen LogP contribution < -0.4 is 5.73 Å². The zero-order valence-corrected chi connectivity index (χ0v) is 10.9. The average molecular weight is 243 g/mol. The van der Waals surface area contributed by atoms with E-state index in [0.717, 1.165) is 19.5 Å². The maximum atomic E-state index is 6.38. The third-order valence-electron chi connectivity index (χ3n) is 4.12. The molecular weight excluding hydrogens is 222 g/mol. The molecule has 0 aliphatic carbocycles. The summed E-state index contributed by atoms with van der Waals surface area (Å²) in [5, 5.41) is 1.33. The Morgan fingerprint density at radius 2 is 2.17 bits per heavy atom. The molecule has 2 atom stereocenters. The van der Waals surface area contributed by atoms with Gasteiger partial charge in [-0.25, -0.2) is 0 Å². The van der Waals surface area contributed by atoms with Crippen LogP contribution in [0.25, 0.3) is 10.9 Å². The summed E-state index contributed by atoms with van der Waals surface area (Å²) in [5.41, 5.74) is 8.98. The van der Waals surface area contributed by atoms with Crippen LogP contribution in [0, 0.1) is 0 Å². The molecule has 0 spiro atoms. The highest BCUT2D eigenvalue weighted by atomic mass is 15.1. The van der Waals surface area contributed by atoms with Crippen LogP contribution in [-0.2, 0) is 0 Å². The third kappa shape index (κ3) is 2.04. The second-order valence-corrected chi connectivity index (χ2v) is 5.46. The lowest BCUT2D eigenvalue weighted by Crippen LogP contribution is -2.32. The van der Waals surface area contributed by atoms with Crippen molar-refractivity contribution < 1.29 is 0 Å². The topological polar surface area (TPSA) is 45.0 Å². The number of fused-ring (bicyclic) bond motifs is 1. The summed E-state index contributed by atoms with van der Waals surface area (Å²) < 4.78 is 0. The lowest BCUT2D eigenvalue weighted by molar-refractivity contribution is 0.328. The molecule has 1 aromatic carbocycles. The highest BCUT2D eigenvalue weighted by Gasteiger charge is 2.26. The molecular formula is C15H21N3. The van der Waals surface area contributed by atoms with Gasteiger partial charge in [-0.2, -0.15) is 0 Å². The molecule has 96 valence electrons. The van der Waals surface area contributed by atoms with Gasteiger partial charge in [0.1, 0.15) is 0 Å². The van der Waals surface area contributed by atoms with Gasteiger partial charge in [-0.3, -0.25) is 0 Å². The summed E-state index contributed by atoms with van der Waals surface area (Å²) in [6.45, 7) is 2.22. The maximum Gasteiger partial charge on any atom is 0.0456 e. The van der Waals surface area contributed by atoms with Crippen LogP contribution in [0.5, 0.6) is 0 Å². The smallest absolute Gasteiger partial charge is 0.0456 e. The van der Waals surface area contributed by atoms with Gasteiger partial charge >= 0.3 is 0 Å². The predicted molar refractivity (Wildman–Crippen MR) is 75.7 cm³/mol. The number of hydrogen-bond acceptors (Lipinski definition) is 2. The number of aromatic amines is 1. The number of hydrogen-bond donors (Lipinski definition) is 2. The Kier molecular flexibility index (Phi) is 3.10. The van der Waals surface area contributed by atoms with E-state index < -0.39 is 0 Å². The number of nitrogens with zero attached hydrogens (tertiary/aromatic N) is 1. The second kappa shape index (κ2) is 4.75. The molecule has 3 N–H and O–H groups in total. The number of para-hydroxylation sites is 1. The minimum Gasteiger partial charge on any atom is -0.361 e.